The first-order valence-electron chi connectivity index (χ1n) is 7.50. The summed E-state index contributed by atoms with van der Waals surface area (Å²) in [4.78, 5) is 10.9. The normalized spacial score (nSPS) is 11.4. The maximum absolute atomic E-state index is 10.9. The summed E-state index contributed by atoms with van der Waals surface area (Å²) in [7, 11) is 0. The summed E-state index contributed by atoms with van der Waals surface area (Å²) >= 11 is 6.87. The molecule has 0 radical (unpaired) electrons. The molecule has 0 amide bonds. The first kappa shape index (κ1) is 19.4. The van der Waals surface area contributed by atoms with Gasteiger partial charge in [-0.05, 0) is 49.6 Å². The SMILES string of the molecule is O=C(O)/C(Cc1cc(Br)c(OCCC[n+]2ccccc2)c(Br)c1)=N/O. The molecular weight excluding hydrogens is 456 g/mol. The van der Waals surface area contributed by atoms with Gasteiger partial charge in [-0.15, -0.1) is 0 Å². The van der Waals surface area contributed by atoms with E-state index >= 15 is 0 Å². The van der Waals surface area contributed by atoms with Crippen molar-refractivity contribution in [2.45, 2.75) is 19.4 Å². The second-order valence-electron chi connectivity index (χ2n) is 5.23. The van der Waals surface area contributed by atoms with Gasteiger partial charge in [-0.3, -0.25) is 0 Å². The van der Waals surface area contributed by atoms with E-state index in [1.807, 2.05) is 30.6 Å². The molecule has 1 aromatic heterocycles. The van der Waals surface area contributed by atoms with Crippen LogP contribution in [0.15, 0.2) is 56.8 Å². The topological polar surface area (TPSA) is 83.0 Å². The molecule has 0 saturated heterocycles. The summed E-state index contributed by atoms with van der Waals surface area (Å²) in [5, 5.41) is 20.5. The van der Waals surface area contributed by atoms with Gasteiger partial charge in [0.25, 0.3) is 0 Å². The van der Waals surface area contributed by atoms with E-state index in [0.717, 1.165) is 13.0 Å². The van der Waals surface area contributed by atoms with E-state index in [9.17, 15) is 4.79 Å². The van der Waals surface area contributed by atoms with Gasteiger partial charge in [0.1, 0.15) is 5.75 Å². The standard InChI is InChI=1S/C17H16Br2N2O4/c18-13-9-12(11-15(20-24)17(22)23)10-14(19)16(13)25-8-4-7-21-5-2-1-3-6-21/h1-3,5-6,9-10H,4,7-8,11H2,(H-,22,23,24)/p+1/b20-15+. The maximum atomic E-state index is 10.9. The van der Waals surface area contributed by atoms with Crippen LogP contribution in [0, 0.1) is 0 Å². The number of nitrogens with zero attached hydrogens (tertiary/aromatic N) is 2. The van der Waals surface area contributed by atoms with Crippen molar-refractivity contribution >= 4 is 43.5 Å². The van der Waals surface area contributed by atoms with Crippen LogP contribution in [0.4, 0.5) is 0 Å². The van der Waals surface area contributed by atoms with Crippen LogP contribution in [0.1, 0.15) is 12.0 Å². The van der Waals surface area contributed by atoms with Crippen molar-refractivity contribution in [2.75, 3.05) is 6.61 Å². The van der Waals surface area contributed by atoms with Crippen LogP contribution in [0.25, 0.3) is 0 Å². The fourth-order valence-electron chi connectivity index (χ4n) is 2.20. The molecule has 1 aromatic carbocycles. The van der Waals surface area contributed by atoms with Gasteiger partial charge in [-0.2, -0.15) is 0 Å². The van der Waals surface area contributed by atoms with Crippen molar-refractivity contribution in [1.82, 2.24) is 0 Å². The first-order valence-corrected chi connectivity index (χ1v) is 9.09. The van der Waals surface area contributed by atoms with Crippen molar-refractivity contribution in [3.8, 4) is 5.75 Å². The molecule has 0 aliphatic heterocycles. The molecule has 0 aliphatic carbocycles. The Morgan fingerprint density at radius 3 is 2.36 bits per heavy atom. The lowest BCUT2D eigenvalue weighted by atomic mass is 10.1. The van der Waals surface area contributed by atoms with E-state index in [0.29, 0.717) is 26.9 Å². The Bertz CT molecular complexity index is 743. The number of rotatable bonds is 8. The van der Waals surface area contributed by atoms with E-state index in [4.69, 9.17) is 15.1 Å². The minimum Gasteiger partial charge on any atom is -0.491 e. The van der Waals surface area contributed by atoms with Crippen LogP contribution in [-0.2, 0) is 17.8 Å². The molecule has 2 N–H and O–H groups in total. The predicted molar refractivity (Wildman–Crippen MR) is 99.2 cm³/mol. The number of hydrogen-bond donors (Lipinski definition) is 2. The lowest BCUT2D eigenvalue weighted by Crippen LogP contribution is -2.33. The highest BCUT2D eigenvalue weighted by Gasteiger charge is 2.15. The van der Waals surface area contributed by atoms with Crippen LogP contribution in [0.2, 0.25) is 0 Å². The lowest BCUT2D eigenvalue weighted by molar-refractivity contribution is -0.697. The van der Waals surface area contributed by atoms with Crippen LogP contribution in [0.5, 0.6) is 5.75 Å². The van der Waals surface area contributed by atoms with Crippen molar-refractivity contribution in [3.05, 3.63) is 57.2 Å². The number of oxime groups is 1. The summed E-state index contributed by atoms with van der Waals surface area (Å²) in [6.07, 6.45) is 4.86. The number of hydrogen-bond acceptors (Lipinski definition) is 4. The van der Waals surface area contributed by atoms with E-state index < -0.39 is 5.97 Å². The summed E-state index contributed by atoms with van der Waals surface area (Å²) in [5.41, 5.74) is 0.355. The van der Waals surface area contributed by atoms with Crippen molar-refractivity contribution < 1.29 is 24.4 Å². The molecule has 1 heterocycles. The number of aryl methyl sites for hydroxylation is 1. The molecule has 0 atom stereocenters. The average Bonchev–Trinajstić information content (AvgIpc) is 2.59. The third kappa shape index (κ3) is 5.82. The van der Waals surface area contributed by atoms with Crippen LogP contribution >= 0.6 is 31.9 Å². The second-order valence-corrected chi connectivity index (χ2v) is 6.94. The molecule has 0 unspecified atom stereocenters. The summed E-state index contributed by atoms with van der Waals surface area (Å²) in [6, 6.07) is 9.43. The third-order valence-electron chi connectivity index (χ3n) is 3.38. The molecule has 0 saturated carbocycles. The number of carbonyl (C=O) groups is 1. The van der Waals surface area contributed by atoms with Gasteiger partial charge in [0.05, 0.1) is 15.6 Å². The van der Waals surface area contributed by atoms with E-state index in [-0.39, 0.29) is 12.1 Å². The van der Waals surface area contributed by atoms with Gasteiger partial charge in [0.2, 0.25) is 0 Å². The van der Waals surface area contributed by atoms with Gasteiger partial charge in [0, 0.05) is 25.0 Å². The van der Waals surface area contributed by atoms with Gasteiger partial charge in [-0.1, -0.05) is 11.2 Å². The highest BCUT2D eigenvalue weighted by atomic mass is 79.9. The molecule has 25 heavy (non-hydrogen) atoms. The molecule has 0 aliphatic rings. The Morgan fingerprint density at radius 2 is 1.80 bits per heavy atom. The van der Waals surface area contributed by atoms with Crippen molar-refractivity contribution in [1.29, 1.82) is 0 Å². The van der Waals surface area contributed by atoms with Gasteiger partial charge < -0.3 is 15.1 Å². The van der Waals surface area contributed by atoms with Gasteiger partial charge >= 0.3 is 5.97 Å². The highest BCUT2D eigenvalue weighted by Crippen LogP contribution is 2.35. The number of benzene rings is 1. The molecule has 8 heteroatoms. The van der Waals surface area contributed by atoms with Crippen LogP contribution in [0.3, 0.4) is 0 Å². The zero-order valence-corrected chi connectivity index (χ0v) is 16.4. The third-order valence-corrected chi connectivity index (χ3v) is 4.56. The molecule has 0 fully saturated rings. The molecule has 132 valence electrons. The van der Waals surface area contributed by atoms with Gasteiger partial charge in [0.15, 0.2) is 24.7 Å². The molecule has 6 nitrogen and oxygen atoms in total. The second kappa shape index (κ2) is 9.53. The monoisotopic (exact) mass is 471 g/mol. The molecular formula is C17H17Br2N2O4+. The van der Waals surface area contributed by atoms with Crippen LogP contribution < -0.4 is 9.30 Å². The fourth-order valence-corrected chi connectivity index (χ4v) is 3.71. The Labute approximate surface area is 162 Å². The number of carboxylic acids is 1. The quantitative estimate of drug-likeness (QED) is 0.203. The number of carboxylic acid groups (broad SMARTS) is 1. The first-order chi connectivity index (χ1) is 12.0. The number of pyridine rings is 1. The minimum absolute atomic E-state index is 0.00790. The highest BCUT2D eigenvalue weighted by molar-refractivity contribution is 9.11. The summed E-state index contributed by atoms with van der Waals surface area (Å²) < 4.78 is 9.30. The van der Waals surface area contributed by atoms with Crippen molar-refractivity contribution in [3.63, 3.8) is 0 Å². The molecule has 0 spiro atoms. The molecule has 2 aromatic rings. The summed E-state index contributed by atoms with van der Waals surface area (Å²) in [5.74, 6) is -0.604. The molecule has 2 rings (SSSR count). The fraction of sp³-hybridized carbons (Fsp3) is 0.235. The van der Waals surface area contributed by atoms with Gasteiger partial charge in [-0.25, -0.2) is 9.36 Å². The maximum Gasteiger partial charge on any atom is 0.354 e. The lowest BCUT2D eigenvalue weighted by Gasteiger charge is -2.12. The Hall–Kier alpha value is -1.93. The van der Waals surface area contributed by atoms with Crippen LogP contribution in [-0.4, -0.2) is 28.6 Å². The Morgan fingerprint density at radius 1 is 1.16 bits per heavy atom. The Kier molecular flexibility index (Phi) is 7.39. The number of ether oxygens (including phenoxy) is 1. The number of aliphatic carboxylic acids is 1. The van der Waals surface area contributed by atoms with E-state index in [1.54, 1.807) is 12.1 Å². The Balaban J connectivity index is 1.96. The molecule has 0 bridgehead atoms. The minimum atomic E-state index is -1.26. The van der Waals surface area contributed by atoms with E-state index in [2.05, 4.69) is 41.6 Å². The average molecular weight is 473 g/mol. The smallest absolute Gasteiger partial charge is 0.354 e. The summed E-state index contributed by atoms with van der Waals surface area (Å²) in [6.45, 7) is 1.39. The largest absolute Gasteiger partial charge is 0.491 e. The zero-order chi connectivity index (χ0) is 18.2. The number of aromatic nitrogens is 1. The van der Waals surface area contributed by atoms with E-state index in [1.165, 1.54) is 0 Å². The van der Waals surface area contributed by atoms with Crippen molar-refractivity contribution in [2.24, 2.45) is 5.16 Å². The number of halogens is 2. The predicted octanol–water partition coefficient (Wildman–Crippen LogP) is 3.43. The zero-order valence-electron chi connectivity index (χ0n) is 13.2.